The molecule has 0 N–H and O–H groups in total. The van der Waals surface area contributed by atoms with Gasteiger partial charge < -0.3 is 23.5 Å². The highest BCUT2D eigenvalue weighted by Crippen LogP contribution is 2.48. The number of para-hydroxylation sites is 5. The molecule has 5 nitrogen and oxygen atoms in total. The van der Waals surface area contributed by atoms with E-state index in [-0.39, 0.29) is 75.5 Å². The summed E-state index contributed by atoms with van der Waals surface area (Å²) < 4.78 is 80.7. The highest BCUT2D eigenvalue weighted by atomic mass is 15.2. The fourth-order valence-corrected chi connectivity index (χ4v) is 19.3. The van der Waals surface area contributed by atoms with Crippen molar-refractivity contribution in [3.63, 3.8) is 0 Å². The van der Waals surface area contributed by atoms with Gasteiger partial charge in [-0.3, -0.25) is 0 Å². The van der Waals surface area contributed by atoms with E-state index in [0.717, 1.165) is 139 Å². The molecule has 0 unspecified atom stereocenters. The molecule has 2 aliphatic heterocycles. The summed E-state index contributed by atoms with van der Waals surface area (Å²) in [7, 11) is 0. The van der Waals surface area contributed by atoms with Crippen LogP contribution in [0.5, 0.6) is 0 Å². The number of benzene rings is 16. The van der Waals surface area contributed by atoms with Gasteiger partial charge in [0.15, 0.2) is 0 Å². The van der Waals surface area contributed by atoms with E-state index < -0.39 is 24.2 Å². The largest absolute Gasteiger partial charge is 0.340 e. The molecule has 0 spiro atoms. The molecule has 120 heavy (non-hydrogen) atoms. The van der Waals surface area contributed by atoms with Gasteiger partial charge in [0.25, 0.3) is 6.71 Å². The van der Waals surface area contributed by atoms with Gasteiger partial charge >= 0.3 is 0 Å². The van der Waals surface area contributed by atoms with Crippen molar-refractivity contribution in [2.45, 2.75) is 118 Å². The Bertz CT molecular complexity index is 7460. The molecule has 19 aromatic rings. The number of aromatic nitrogens is 3. The van der Waals surface area contributed by atoms with Crippen LogP contribution < -0.4 is 26.2 Å². The van der Waals surface area contributed by atoms with E-state index in [9.17, 15) is 5.48 Å². The van der Waals surface area contributed by atoms with Crippen LogP contribution in [0.1, 0.15) is 112 Å². The zero-order valence-electron chi connectivity index (χ0n) is 77.5. The molecule has 0 atom stereocenters. The minimum Gasteiger partial charge on any atom is -0.340 e. The van der Waals surface area contributed by atoms with Crippen LogP contribution in [0.2, 0.25) is 0 Å². The molecule has 0 saturated carbocycles. The van der Waals surface area contributed by atoms with Gasteiger partial charge in [0, 0.05) is 109 Å². The summed E-state index contributed by atoms with van der Waals surface area (Å²) in [5.41, 5.74) is 32.7. The summed E-state index contributed by atoms with van der Waals surface area (Å²) in [6.07, 6.45) is 0.970. The van der Waals surface area contributed by atoms with Crippen LogP contribution in [0, 0.1) is 0 Å². The Morgan fingerprint density at radius 2 is 0.708 bits per heavy atom. The Balaban J connectivity index is 0.834. The molecule has 0 radical (unpaired) electrons. The number of aryl methyl sites for hydroxylation is 4. The van der Waals surface area contributed by atoms with Gasteiger partial charge in [0.2, 0.25) is 0 Å². The summed E-state index contributed by atoms with van der Waals surface area (Å²) in [6.45, 7) is 22.2. The molecule has 0 amide bonds. The first-order chi connectivity index (χ1) is 61.7. The van der Waals surface area contributed by atoms with Gasteiger partial charge in [-0.2, -0.15) is 0 Å². The molecule has 0 aliphatic carbocycles. The van der Waals surface area contributed by atoms with Gasteiger partial charge in [0.05, 0.1) is 22.0 Å². The Labute approximate surface area is 717 Å². The van der Waals surface area contributed by atoms with Crippen molar-refractivity contribution in [1.82, 2.24) is 13.7 Å². The number of fused-ring (bicyclic) bond motifs is 13. The van der Waals surface area contributed by atoms with E-state index in [1.54, 1.807) is 4.57 Å². The van der Waals surface area contributed by atoms with Gasteiger partial charge in [-0.25, -0.2) is 0 Å². The lowest BCUT2D eigenvalue weighted by Crippen LogP contribution is -2.62. The topological polar surface area (TPSA) is 21.3 Å². The maximum Gasteiger partial charge on any atom is 0.252 e. The SMILES string of the molecule is [2H]c1c([2H])c([2H])c2c(c1[2H])c1c([2H])c([2H])c([2H])c([2H])c1n2CCc1ccc2c(c1)N(Cc1c(-c3ccccc3)cc(C(C)(C)C)cc1-c1ccccc1)c1cc(CCn3c4ccccc4c4cc(-n5c6ccccc6c6ccccc65)ccc43)cc3c1B2c1ccc(-c2cc(C(C)(C)C)cc(C(C)(C)C)c2)cc1N3Cc1cc(-c2ccccc2)cc(-c2ccccc2)c1. The molecule has 0 saturated heterocycles. The first-order valence-corrected chi connectivity index (χ1v) is 42.4. The number of nitrogens with zero attached hydrogens (tertiary/aromatic N) is 5. The summed E-state index contributed by atoms with van der Waals surface area (Å²) in [5, 5.41) is 4.96. The molecule has 582 valence electrons. The zero-order valence-corrected chi connectivity index (χ0v) is 69.5. The fourth-order valence-electron chi connectivity index (χ4n) is 19.3. The predicted molar refractivity (Wildman–Crippen MR) is 512 cm³/mol. The van der Waals surface area contributed by atoms with E-state index in [0.29, 0.717) is 32.5 Å². The van der Waals surface area contributed by atoms with Crippen molar-refractivity contribution in [3.05, 3.63) is 397 Å². The molecule has 6 heteroatoms. The molecular weight excluding hydrogens is 1450 g/mol. The molecule has 2 aliphatic rings. The zero-order chi connectivity index (χ0) is 88.2. The van der Waals surface area contributed by atoms with Crippen LogP contribution >= 0.6 is 0 Å². The third kappa shape index (κ3) is 13.1. The van der Waals surface area contributed by atoms with E-state index >= 15 is 0 Å². The van der Waals surface area contributed by atoms with E-state index in [1.807, 2.05) is 0 Å². The van der Waals surface area contributed by atoms with Crippen molar-refractivity contribution in [1.29, 1.82) is 0 Å². The minimum atomic E-state index is -0.464. The second kappa shape index (κ2) is 29.3. The summed E-state index contributed by atoms with van der Waals surface area (Å²) in [6, 6.07) is 112. The Morgan fingerprint density at radius 1 is 0.283 bits per heavy atom. The maximum atomic E-state index is 9.58. The second-order valence-electron chi connectivity index (χ2n) is 36.1. The Morgan fingerprint density at radius 3 is 1.25 bits per heavy atom. The first-order valence-electron chi connectivity index (χ1n) is 46.4. The molecule has 16 aromatic carbocycles. The molecule has 21 rings (SSSR count). The third-order valence-corrected chi connectivity index (χ3v) is 25.5. The van der Waals surface area contributed by atoms with Crippen molar-refractivity contribution < 1.29 is 11.0 Å². The summed E-state index contributed by atoms with van der Waals surface area (Å²) >= 11 is 0. The van der Waals surface area contributed by atoms with E-state index in [2.05, 4.69) is 391 Å². The maximum absolute atomic E-state index is 9.58. The number of anilines is 4. The average Bonchev–Trinajstić information content (AvgIpc) is 1.11. The average molecular weight is 1560 g/mol. The van der Waals surface area contributed by atoms with Crippen molar-refractivity contribution >= 4 is 111 Å². The van der Waals surface area contributed by atoms with Gasteiger partial charge in [-0.15, -0.1) is 0 Å². The molecule has 5 heterocycles. The minimum absolute atomic E-state index is 0.0757. The van der Waals surface area contributed by atoms with Crippen LogP contribution in [0.15, 0.2) is 358 Å². The lowest BCUT2D eigenvalue weighted by atomic mass is 9.33. The van der Waals surface area contributed by atoms with Gasteiger partial charge in [0.1, 0.15) is 0 Å². The number of hydrogen-bond acceptors (Lipinski definition) is 2. The summed E-state index contributed by atoms with van der Waals surface area (Å²) in [5.74, 6) is 0. The van der Waals surface area contributed by atoms with Crippen LogP contribution in [0.25, 0.3) is 127 Å². The fraction of sp³-hybridized carbons (Fsp3) is 0.158. The standard InChI is InChI=1S/C114H98BN5/c1-112(2,3)86-66-85(67-87(69-86)113(4,5)6)82-51-54-100-108(68-82)118(73-77-60-83(78-32-14-10-15-33-78)65-84(61-77)79-34-16-11-17-35-79)109-63-76(57-59-117-103-47-29-24-44-94(103)97-72-89(52-55-104(97)117)120-105-48-30-25-42-92(105)93-43-26-31-49-106(93)120)64-110-111(109)115(100)99-53-50-75(56-58-116-101-45-27-22-40-90(101)91-41-23-28-46-102(91)116)62-107(99)119(110)74-98-95(80-36-18-12-19-37-80)70-88(114(7,8)9)71-96(98)81-38-20-13-21-39-81/h10-55,60-72H,56-59,73-74H2,1-9H3/i22D,23D,27D,28D,40D,41D,45D,46D. The third-order valence-electron chi connectivity index (χ3n) is 25.5. The molecular formula is C114H98BN5. The van der Waals surface area contributed by atoms with Crippen LogP contribution in [-0.2, 0) is 55.3 Å². The normalized spacial score (nSPS) is 13.8. The van der Waals surface area contributed by atoms with Crippen molar-refractivity contribution in [3.8, 4) is 61.3 Å². The second-order valence-corrected chi connectivity index (χ2v) is 36.1. The highest BCUT2D eigenvalue weighted by molar-refractivity contribution is 7.00. The van der Waals surface area contributed by atoms with Gasteiger partial charge in [-0.05, 0) is 231 Å². The highest BCUT2D eigenvalue weighted by Gasteiger charge is 2.44. The van der Waals surface area contributed by atoms with E-state index in [4.69, 9.17) is 5.48 Å². The first kappa shape index (κ1) is 65.6. The smallest absolute Gasteiger partial charge is 0.252 e. The quantitative estimate of drug-likeness (QED) is 0.0899. The lowest BCUT2D eigenvalue weighted by Gasteiger charge is -2.45. The molecule has 0 fully saturated rings. The Hall–Kier alpha value is -13.4. The monoisotopic (exact) mass is 1560 g/mol. The Kier molecular flexibility index (Phi) is 16.0. The van der Waals surface area contributed by atoms with Crippen LogP contribution in [0.4, 0.5) is 22.7 Å². The van der Waals surface area contributed by atoms with Crippen LogP contribution in [0.3, 0.4) is 0 Å². The predicted octanol–water partition coefficient (Wildman–Crippen LogP) is 27.5. The summed E-state index contributed by atoms with van der Waals surface area (Å²) in [4.78, 5) is 5.29. The molecule has 0 bridgehead atoms. The van der Waals surface area contributed by atoms with Crippen molar-refractivity contribution in [2.75, 3.05) is 9.80 Å². The number of rotatable bonds is 16. The van der Waals surface area contributed by atoms with E-state index in [1.165, 1.54) is 43.7 Å². The lowest BCUT2D eigenvalue weighted by molar-refractivity contribution is 0.569. The molecule has 3 aromatic heterocycles. The van der Waals surface area contributed by atoms with Crippen molar-refractivity contribution in [2.24, 2.45) is 0 Å². The van der Waals surface area contributed by atoms with Crippen LogP contribution in [-0.4, -0.2) is 20.4 Å². The van der Waals surface area contributed by atoms with Gasteiger partial charge in [-0.1, -0.05) is 329 Å². The number of hydrogen-bond donors (Lipinski definition) is 0.